The van der Waals surface area contributed by atoms with E-state index >= 15 is 0 Å². The molecule has 0 aliphatic heterocycles. The summed E-state index contributed by atoms with van der Waals surface area (Å²) in [6.45, 7) is 0. The number of hydrogen-bond acceptors (Lipinski definition) is 2. The van der Waals surface area contributed by atoms with Gasteiger partial charge in [-0.1, -0.05) is 23.7 Å². The second-order valence-corrected chi connectivity index (χ2v) is 7.28. The van der Waals surface area contributed by atoms with E-state index in [1.807, 2.05) is 24.3 Å². The van der Waals surface area contributed by atoms with E-state index in [0.717, 1.165) is 30.5 Å². The van der Waals surface area contributed by atoms with Gasteiger partial charge in [-0.2, -0.15) is 0 Å². The number of rotatable bonds is 6. The van der Waals surface area contributed by atoms with E-state index < -0.39 is 11.6 Å². The monoisotopic (exact) mass is 367 g/mol. The molecule has 0 heterocycles. The van der Waals surface area contributed by atoms with Gasteiger partial charge in [0.15, 0.2) is 11.6 Å². The number of thioether (sulfide) groups is 1. The minimum atomic E-state index is -0.905. The molecule has 2 nitrogen and oxygen atoms in total. The van der Waals surface area contributed by atoms with Gasteiger partial charge < -0.3 is 5.32 Å². The van der Waals surface area contributed by atoms with Crippen molar-refractivity contribution in [2.24, 2.45) is 5.92 Å². The first-order chi connectivity index (χ1) is 11.5. The van der Waals surface area contributed by atoms with Gasteiger partial charge in [-0.3, -0.25) is 4.79 Å². The quantitative estimate of drug-likeness (QED) is 0.730. The molecule has 126 valence electrons. The molecule has 1 unspecified atom stereocenters. The largest absolute Gasteiger partial charge is 0.348 e. The lowest BCUT2D eigenvalue weighted by atomic mass is 10.0. The number of amides is 1. The summed E-state index contributed by atoms with van der Waals surface area (Å²) in [5.41, 5.74) is 1.04. The van der Waals surface area contributed by atoms with Crippen molar-refractivity contribution in [2.75, 3.05) is 5.75 Å². The highest BCUT2D eigenvalue weighted by Gasteiger charge is 2.33. The molecule has 2 aromatic rings. The molecule has 1 amide bonds. The summed E-state index contributed by atoms with van der Waals surface area (Å²) in [5, 5.41) is 3.70. The third-order valence-corrected chi connectivity index (χ3v) is 5.15. The van der Waals surface area contributed by atoms with Crippen molar-refractivity contribution in [3.05, 3.63) is 64.7 Å². The van der Waals surface area contributed by atoms with Crippen LogP contribution in [0.1, 0.15) is 24.4 Å². The Morgan fingerprint density at radius 3 is 2.50 bits per heavy atom. The number of halogens is 3. The molecule has 6 heteroatoms. The average molecular weight is 368 g/mol. The van der Waals surface area contributed by atoms with E-state index in [9.17, 15) is 13.6 Å². The molecule has 3 rings (SSSR count). The van der Waals surface area contributed by atoms with Gasteiger partial charge in [0, 0.05) is 9.92 Å². The summed E-state index contributed by atoms with van der Waals surface area (Å²) in [6.07, 6.45) is 2.17. The molecule has 1 aliphatic carbocycles. The number of carbonyl (C=O) groups is 1. The van der Waals surface area contributed by atoms with Crippen LogP contribution in [0, 0.1) is 17.6 Å². The van der Waals surface area contributed by atoms with Gasteiger partial charge in [0.05, 0.1) is 11.8 Å². The van der Waals surface area contributed by atoms with E-state index in [0.29, 0.717) is 15.8 Å². The standard InChI is InChI=1S/C18H16ClF2NOS/c19-13-5-3-12(4-6-13)18(11-1-2-11)22-17(23)10-24-14-7-8-15(20)16(21)9-14/h3-9,11,18H,1-2,10H2,(H,22,23). The number of hydrogen-bond donors (Lipinski definition) is 1. The topological polar surface area (TPSA) is 29.1 Å². The zero-order chi connectivity index (χ0) is 17.1. The fourth-order valence-electron chi connectivity index (χ4n) is 2.50. The predicted molar refractivity (Wildman–Crippen MR) is 92.1 cm³/mol. The van der Waals surface area contributed by atoms with Crippen LogP contribution in [0.5, 0.6) is 0 Å². The maximum atomic E-state index is 13.2. The summed E-state index contributed by atoms with van der Waals surface area (Å²) in [5.74, 6) is -1.32. The highest BCUT2D eigenvalue weighted by Crippen LogP contribution is 2.41. The van der Waals surface area contributed by atoms with Crippen LogP contribution in [0.25, 0.3) is 0 Å². The summed E-state index contributed by atoms with van der Waals surface area (Å²) in [4.78, 5) is 12.8. The van der Waals surface area contributed by atoms with Crippen molar-refractivity contribution >= 4 is 29.3 Å². The molecule has 2 aromatic carbocycles. The second kappa shape index (κ2) is 7.53. The van der Waals surface area contributed by atoms with Crippen LogP contribution in [0.3, 0.4) is 0 Å². The fourth-order valence-corrected chi connectivity index (χ4v) is 3.36. The normalized spacial score (nSPS) is 15.1. The van der Waals surface area contributed by atoms with Gasteiger partial charge in [0.1, 0.15) is 0 Å². The maximum absolute atomic E-state index is 13.2. The van der Waals surface area contributed by atoms with Crippen molar-refractivity contribution in [3.8, 4) is 0 Å². The van der Waals surface area contributed by atoms with E-state index in [2.05, 4.69) is 5.32 Å². The predicted octanol–water partition coefficient (Wildman–Crippen LogP) is 4.98. The Balaban J connectivity index is 1.59. The SMILES string of the molecule is O=C(CSc1ccc(F)c(F)c1)NC(c1ccc(Cl)cc1)C1CC1. The van der Waals surface area contributed by atoms with E-state index in [-0.39, 0.29) is 17.7 Å². The van der Waals surface area contributed by atoms with Gasteiger partial charge in [-0.15, -0.1) is 11.8 Å². The molecule has 0 saturated heterocycles. The zero-order valence-electron chi connectivity index (χ0n) is 12.8. The van der Waals surface area contributed by atoms with E-state index in [1.165, 1.54) is 17.8 Å². The Morgan fingerprint density at radius 2 is 1.88 bits per heavy atom. The van der Waals surface area contributed by atoms with Gasteiger partial charge >= 0.3 is 0 Å². The van der Waals surface area contributed by atoms with Gasteiger partial charge in [-0.05, 0) is 54.7 Å². The number of benzene rings is 2. The Hall–Kier alpha value is -1.59. The lowest BCUT2D eigenvalue weighted by molar-refractivity contribution is -0.119. The Labute approximate surface area is 148 Å². The van der Waals surface area contributed by atoms with Crippen LogP contribution in [0.15, 0.2) is 47.4 Å². The summed E-state index contributed by atoms with van der Waals surface area (Å²) < 4.78 is 26.1. The van der Waals surface area contributed by atoms with Crippen LogP contribution in [-0.2, 0) is 4.79 Å². The molecule has 0 bridgehead atoms. The first-order valence-corrected chi connectivity index (χ1v) is 9.02. The van der Waals surface area contributed by atoms with Gasteiger partial charge in [-0.25, -0.2) is 8.78 Å². The van der Waals surface area contributed by atoms with Crippen molar-refractivity contribution in [1.82, 2.24) is 5.32 Å². The molecule has 1 saturated carbocycles. The summed E-state index contributed by atoms with van der Waals surface area (Å²) in [6, 6.07) is 11.1. The lowest BCUT2D eigenvalue weighted by Crippen LogP contribution is -2.31. The van der Waals surface area contributed by atoms with Gasteiger partial charge in [0.25, 0.3) is 0 Å². The molecule has 0 spiro atoms. The van der Waals surface area contributed by atoms with Crippen LogP contribution in [0.4, 0.5) is 8.78 Å². The Bertz CT molecular complexity index is 734. The van der Waals surface area contributed by atoms with Crippen LogP contribution >= 0.6 is 23.4 Å². The zero-order valence-corrected chi connectivity index (χ0v) is 14.3. The molecule has 1 fully saturated rings. The highest BCUT2D eigenvalue weighted by molar-refractivity contribution is 8.00. The summed E-state index contributed by atoms with van der Waals surface area (Å²) >= 11 is 7.09. The molecule has 1 atom stereocenters. The smallest absolute Gasteiger partial charge is 0.230 e. The van der Waals surface area contributed by atoms with Crippen LogP contribution in [-0.4, -0.2) is 11.7 Å². The van der Waals surface area contributed by atoms with E-state index in [1.54, 1.807) is 0 Å². The molecule has 0 radical (unpaired) electrons. The van der Waals surface area contributed by atoms with Crippen molar-refractivity contribution in [1.29, 1.82) is 0 Å². The maximum Gasteiger partial charge on any atom is 0.230 e. The van der Waals surface area contributed by atoms with Crippen LogP contribution in [0.2, 0.25) is 5.02 Å². The number of carbonyl (C=O) groups excluding carboxylic acids is 1. The first kappa shape index (κ1) is 17.2. The van der Waals surface area contributed by atoms with Crippen molar-refractivity contribution in [2.45, 2.75) is 23.8 Å². The number of nitrogens with one attached hydrogen (secondary N) is 1. The second-order valence-electron chi connectivity index (χ2n) is 5.80. The Kier molecular flexibility index (Phi) is 5.41. The first-order valence-electron chi connectivity index (χ1n) is 7.65. The third-order valence-electron chi connectivity index (χ3n) is 3.90. The molecular weight excluding hydrogens is 352 g/mol. The third kappa shape index (κ3) is 4.48. The molecule has 1 aliphatic rings. The van der Waals surface area contributed by atoms with Gasteiger partial charge in [0.2, 0.25) is 5.91 Å². The minimum Gasteiger partial charge on any atom is -0.348 e. The van der Waals surface area contributed by atoms with Crippen LogP contribution < -0.4 is 5.32 Å². The highest BCUT2D eigenvalue weighted by atomic mass is 35.5. The minimum absolute atomic E-state index is 0.0275. The molecule has 1 N–H and O–H groups in total. The lowest BCUT2D eigenvalue weighted by Gasteiger charge is -2.19. The van der Waals surface area contributed by atoms with Crippen molar-refractivity contribution in [3.63, 3.8) is 0 Å². The van der Waals surface area contributed by atoms with Crippen molar-refractivity contribution < 1.29 is 13.6 Å². The fraction of sp³-hybridized carbons (Fsp3) is 0.278. The molecule has 0 aromatic heterocycles. The molecule has 24 heavy (non-hydrogen) atoms. The Morgan fingerprint density at radius 1 is 1.17 bits per heavy atom. The van der Waals surface area contributed by atoms with E-state index in [4.69, 9.17) is 11.6 Å². The summed E-state index contributed by atoms with van der Waals surface area (Å²) in [7, 11) is 0. The average Bonchev–Trinajstić information content (AvgIpc) is 3.39. The molecular formula is C18H16ClF2NOS.